The van der Waals surface area contributed by atoms with Crippen molar-refractivity contribution in [2.75, 3.05) is 0 Å². The number of hydrogen-bond acceptors (Lipinski definition) is 2. The monoisotopic (exact) mass is 264 g/mol. The van der Waals surface area contributed by atoms with Crippen molar-refractivity contribution < 1.29 is 27.1 Å². The van der Waals surface area contributed by atoms with Crippen LogP contribution in [0.4, 0.5) is 17.6 Å². The average molecular weight is 264 g/mol. The Labute approximate surface area is 102 Å². The quantitative estimate of drug-likeness (QED) is 0.778. The van der Waals surface area contributed by atoms with Crippen LogP contribution in [0.1, 0.15) is 19.4 Å². The highest BCUT2D eigenvalue weighted by atomic mass is 19.4. The molecule has 1 aromatic rings. The lowest BCUT2D eigenvalue weighted by molar-refractivity contribution is -0.275. The average Bonchev–Trinajstić information content (AvgIpc) is 2.20. The molecule has 1 rings (SSSR count). The summed E-state index contributed by atoms with van der Waals surface area (Å²) in [5, 5.41) is 0. The standard InChI is InChI=1S/C12H12F4O2/c1-7(8(2)17)5-9-3-4-11(10(13)6-9)18-12(14,15)16/h3-4,6-7H,5H2,1-2H3. The second-order valence-electron chi connectivity index (χ2n) is 4.03. The van der Waals surface area contributed by atoms with E-state index < -0.39 is 17.9 Å². The Bertz CT molecular complexity index is 440. The van der Waals surface area contributed by atoms with E-state index in [0.717, 1.165) is 12.1 Å². The molecule has 0 aromatic heterocycles. The van der Waals surface area contributed by atoms with Gasteiger partial charge in [-0.15, -0.1) is 13.2 Å². The molecule has 0 saturated heterocycles. The molecule has 0 spiro atoms. The molecule has 0 N–H and O–H groups in total. The molecule has 0 radical (unpaired) electrons. The Kier molecular flexibility index (Phi) is 4.32. The summed E-state index contributed by atoms with van der Waals surface area (Å²) in [7, 11) is 0. The summed E-state index contributed by atoms with van der Waals surface area (Å²) in [5.74, 6) is -2.34. The van der Waals surface area contributed by atoms with E-state index >= 15 is 0 Å². The molecule has 0 heterocycles. The third-order valence-electron chi connectivity index (χ3n) is 2.46. The van der Waals surface area contributed by atoms with E-state index in [1.54, 1.807) is 6.92 Å². The largest absolute Gasteiger partial charge is 0.573 e. The molecule has 1 aromatic carbocycles. The van der Waals surface area contributed by atoms with Gasteiger partial charge in [-0.1, -0.05) is 13.0 Å². The zero-order chi connectivity index (χ0) is 13.9. The summed E-state index contributed by atoms with van der Waals surface area (Å²) in [6, 6.07) is 3.16. The van der Waals surface area contributed by atoms with Crippen LogP contribution < -0.4 is 4.74 Å². The van der Waals surface area contributed by atoms with E-state index in [1.807, 2.05) is 0 Å². The van der Waals surface area contributed by atoms with Crippen LogP contribution in [0.5, 0.6) is 5.75 Å². The zero-order valence-corrected chi connectivity index (χ0v) is 9.84. The van der Waals surface area contributed by atoms with Crippen LogP contribution in [0.3, 0.4) is 0 Å². The Morgan fingerprint density at radius 3 is 2.44 bits per heavy atom. The third-order valence-corrected chi connectivity index (χ3v) is 2.46. The summed E-state index contributed by atoms with van der Waals surface area (Å²) in [4.78, 5) is 11.0. The fourth-order valence-corrected chi connectivity index (χ4v) is 1.38. The van der Waals surface area contributed by atoms with Gasteiger partial charge < -0.3 is 4.74 Å². The van der Waals surface area contributed by atoms with Crippen molar-refractivity contribution in [3.05, 3.63) is 29.6 Å². The van der Waals surface area contributed by atoms with E-state index in [9.17, 15) is 22.4 Å². The lowest BCUT2D eigenvalue weighted by atomic mass is 9.98. The minimum atomic E-state index is -4.92. The molecular weight excluding hydrogens is 252 g/mol. The molecule has 0 fully saturated rings. The van der Waals surface area contributed by atoms with Gasteiger partial charge in [0, 0.05) is 5.92 Å². The number of ether oxygens (including phenoxy) is 1. The molecule has 6 heteroatoms. The fraction of sp³-hybridized carbons (Fsp3) is 0.417. The first-order valence-corrected chi connectivity index (χ1v) is 5.23. The van der Waals surface area contributed by atoms with Crippen LogP contribution in [0.25, 0.3) is 0 Å². The van der Waals surface area contributed by atoms with Crippen molar-refractivity contribution in [2.45, 2.75) is 26.6 Å². The zero-order valence-electron chi connectivity index (χ0n) is 9.84. The SMILES string of the molecule is CC(=O)C(C)Cc1ccc(OC(F)(F)F)c(F)c1. The van der Waals surface area contributed by atoms with Gasteiger partial charge in [-0.2, -0.15) is 0 Å². The van der Waals surface area contributed by atoms with E-state index in [2.05, 4.69) is 4.74 Å². The lowest BCUT2D eigenvalue weighted by Crippen LogP contribution is -2.18. The van der Waals surface area contributed by atoms with Gasteiger partial charge in [0.1, 0.15) is 5.78 Å². The summed E-state index contributed by atoms with van der Waals surface area (Å²) < 4.78 is 52.5. The molecule has 1 atom stereocenters. The van der Waals surface area contributed by atoms with E-state index in [4.69, 9.17) is 0 Å². The molecule has 0 amide bonds. The molecule has 0 bridgehead atoms. The Balaban J connectivity index is 2.83. The van der Waals surface area contributed by atoms with Crippen LogP contribution in [-0.4, -0.2) is 12.1 Å². The molecule has 1 unspecified atom stereocenters. The molecule has 18 heavy (non-hydrogen) atoms. The molecular formula is C12H12F4O2. The van der Waals surface area contributed by atoms with E-state index in [1.165, 1.54) is 13.0 Å². The number of halogens is 4. The van der Waals surface area contributed by atoms with Crippen molar-refractivity contribution in [2.24, 2.45) is 5.92 Å². The number of carbonyl (C=O) groups is 1. The number of hydrogen-bond donors (Lipinski definition) is 0. The van der Waals surface area contributed by atoms with Gasteiger partial charge in [0.25, 0.3) is 0 Å². The van der Waals surface area contributed by atoms with Crippen LogP contribution >= 0.6 is 0 Å². The highest BCUT2D eigenvalue weighted by Gasteiger charge is 2.32. The van der Waals surface area contributed by atoms with Crippen LogP contribution in [0.15, 0.2) is 18.2 Å². The first kappa shape index (κ1) is 14.5. The fourth-order valence-electron chi connectivity index (χ4n) is 1.38. The molecule has 0 saturated carbocycles. The predicted molar refractivity (Wildman–Crippen MR) is 56.6 cm³/mol. The maximum atomic E-state index is 13.3. The highest BCUT2D eigenvalue weighted by Crippen LogP contribution is 2.26. The Morgan fingerprint density at radius 2 is 2.00 bits per heavy atom. The Morgan fingerprint density at radius 1 is 1.39 bits per heavy atom. The summed E-state index contributed by atoms with van der Waals surface area (Å²) in [6.07, 6.45) is -4.65. The number of Topliss-reactive ketones (excluding diaryl/α,β-unsaturated/α-hetero) is 1. The van der Waals surface area contributed by atoms with Gasteiger partial charge in [-0.25, -0.2) is 4.39 Å². The van der Waals surface area contributed by atoms with Gasteiger partial charge in [-0.05, 0) is 31.0 Å². The normalized spacial score (nSPS) is 13.2. The Hall–Kier alpha value is -1.59. The minimum Gasteiger partial charge on any atom is -0.403 e. The summed E-state index contributed by atoms with van der Waals surface area (Å²) in [6.45, 7) is 3.07. The van der Waals surface area contributed by atoms with Crippen molar-refractivity contribution in [3.8, 4) is 5.75 Å². The van der Waals surface area contributed by atoms with Crippen LogP contribution in [0, 0.1) is 11.7 Å². The number of benzene rings is 1. The molecule has 0 aliphatic carbocycles. The van der Waals surface area contributed by atoms with Crippen LogP contribution in [-0.2, 0) is 11.2 Å². The minimum absolute atomic E-state index is 0.0639. The molecule has 0 aliphatic rings. The lowest BCUT2D eigenvalue weighted by Gasteiger charge is -2.12. The smallest absolute Gasteiger partial charge is 0.403 e. The third kappa shape index (κ3) is 4.35. The summed E-state index contributed by atoms with van der Waals surface area (Å²) >= 11 is 0. The van der Waals surface area contributed by atoms with Gasteiger partial charge in [-0.3, -0.25) is 4.79 Å². The van der Waals surface area contributed by atoms with E-state index in [0.29, 0.717) is 5.56 Å². The topological polar surface area (TPSA) is 26.3 Å². The number of ketones is 1. The van der Waals surface area contributed by atoms with Crippen molar-refractivity contribution >= 4 is 5.78 Å². The van der Waals surface area contributed by atoms with Crippen molar-refractivity contribution in [3.63, 3.8) is 0 Å². The van der Waals surface area contributed by atoms with Gasteiger partial charge in [0.05, 0.1) is 0 Å². The first-order valence-electron chi connectivity index (χ1n) is 5.23. The van der Waals surface area contributed by atoms with Gasteiger partial charge in [0.15, 0.2) is 11.6 Å². The maximum Gasteiger partial charge on any atom is 0.573 e. The van der Waals surface area contributed by atoms with Gasteiger partial charge >= 0.3 is 6.36 Å². The van der Waals surface area contributed by atoms with Crippen LogP contribution in [0.2, 0.25) is 0 Å². The first-order chi connectivity index (χ1) is 8.19. The highest BCUT2D eigenvalue weighted by molar-refractivity contribution is 5.78. The van der Waals surface area contributed by atoms with E-state index in [-0.39, 0.29) is 18.1 Å². The molecule has 100 valence electrons. The second-order valence-corrected chi connectivity index (χ2v) is 4.03. The van der Waals surface area contributed by atoms with Gasteiger partial charge in [0.2, 0.25) is 0 Å². The summed E-state index contributed by atoms with van der Waals surface area (Å²) in [5.41, 5.74) is 0.449. The predicted octanol–water partition coefficient (Wildman–Crippen LogP) is 3.49. The second kappa shape index (κ2) is 5.37. The number of carbonyl (C=O) groups excluding carboxylic acids is 1. The number of alkyl halides is 3. The molecule has 0 aliphatic heterocycles. The molecule has 2 nitrogen and oxygen atoms in total. The van der Waals surface area contributed by atoms with Crippen molar-refractivity contribution in [1.29, 1.82) is 0 Å². The maximum absolute atomic E-state index is 13.3. The van der Waals surface area contributed by atoms with Crippen molar-refractivity contribution in [1.82, 2.24) is 0 Å². The number of rotatable bonds is 4.